The van der Waals surface area contributed by atoms with E-state index in [1.165, 1.54) is 0 Å². The minimum Gasteiger partial charge on any atom is -0.273 e. The average Bonchev–Trinajstić information content (AvgIpc) is 3.12. The van der Waals surface area contributed by atoms with Crippen LogP contribution in [0.5, 0.6) is 0 Å². The molecule has 0 amide bonds. The van der Waals surface area contributed by atoms with Crippen molar-refractivity contribution < 1.29 is 0 Å². The van der Waals surface area contributed by atoms with Gasteiger partial charge in [0.1, 0.15) is 16.6 Å². The lowest BCUT2D eigenvalue weighted by atomic mass is 10.1. The summed E-state index contributed by atoms with van der Waals surface area (Å²) in [5, 5.41) is 10.2. The number of halogens is 3. The number of rotatable bonds is 2. The molecule has 1 aromatic heterocycles. The quantitative estimate of drug-likeness (QED) is 0.773. The van der Waals surface area contributed by atoms with E-state index in [0.717, 1.165) is 22.8 Å². The van der Waals surface area contributed by atoms with Gasteiger partial charge in [0.05, 0.1) is 17.8 Å². The number of hydrogen-bond donors (Lipinski definition) is 0. The molecule has 0 bridgehead atoms. The Bertz CT molecular complexity index is 912. The number of aryl methyl sites for hydroxylation is 1. The predicted octanol–water partition coefficient (Wildman–Crippen LogP) is 4.44. The average molecular weight is 381 g/mol. The van der Waals surface area contributed by atoms with Crippen LogP contribution in [0.3, 0.4) is 0 Å². The molecule has 3 heterocycles. The highest BCUT2D eigenvalue weighted by Crippen LogP contribution is 2.38. The standard InChI is InChI=1S/C16H12Cl3N5/c1-22-9-13(16(21-22)11-8-10(17)2-3-12(11)18)23-7-5-15-20-14(19)4-6-24(15)23/h2-6,8-9H,7H2,1H3. The van der Waals surface area contributed by atoms with Crippen LogP contribution in [0.2, 0.25) is 10.0 Å². The molecule has 2 aliphatic rings. The Hall–Kier alpha value is -1.95. The first kappa shape index (κ1) is 15.6. The van der Waals surface area contributed by atoms with Crippen LogP contribution in [0.1, 0.15) is 0 Å². The molecule has 5 nitrogen and oxygen atoms in total. The zero-order valence-electron chi connectivity index (χ0n) is 12.6. The summed E-state index contributed by atoms with van der Waals surface area (Å²) in [7, 11) is 1.87. The van der Waals surface area contributed by atoms with Crippen molar-refractivity contribution in [3.8, 4) is 11.3 Å². The van der Waals surface area contributed by atoms with Gasteiger partial charge in [0.15, 0.2) is 5.82 Å². The van der Waals surface area contributed by atoms with Gasteiger partial charge >= 0.3 is 0 Å². The van der Waals surface area contributed by atoms with Crippen LogP contribution >= 0.6 is 34.8 Å². The summed E-state index contributed by atoms with van der Waals surface area (Å²) in [6, 6.07) is 5.35. The van der Waals surface area contributed by atoms with E-state index in [1.54, 1.807) is 22.9 Å². The molecule has 122 valence electrons. The van der Waals surface area contributed by atoms with Crippen LogP contribution in [0.25, 0.3) is 11.3 Å². The van der Waals surface area contributed by atoms with E-state index in [1.807, 2.05) is 36.6 Å². The third kappa shape index (κ3) is 2.59. The number of benzene rings is 1. The molecule has 24 heavy (non-hydrogen) atoms. The summed E-state index contributed by atoms with van der Waals surface area (Å²) < 4.78 is 1.75. The van der Waals surface area contributed by atoms with Gasteiger partial charge in [-0.05, 0) is 30.4 Å². The Morgan fingerprint density at radius 1 is 1.17 bits per heavy atom. The topological polar surface area (TPSA) is 36.7 Å². The van der Waals surface area contributed by atoms with Crippen molar-refractivity contribution >= 4 is 45.7 Å². The second-order valence-electron chi connectivity index (χ2n) is 5.40. The molecule has 0 N–H and O–H groups in total. The summed E-state index contributed by atoms with van der Waals surface area (Å²) >= 11 is 18.5. The summed E-state index contributed by atoms with van der Waals surface area (Å²) in [5.41, 5.74) is 2.45. The molecule has 0 saturated heterocycles. The van der Waals surface area contributed by atoms with E-state index in [4.69, 9.17) is 34.8 Å². The van der Waals surface area contributed by atoms with Crippen molar-refractivity contribution in [1.29, 1.82) is 0 Å². The number of nitrogens with zero attached hydrogens (tertiary/aromatic N) is 5. The maximum Gasteiger partial charge on any atom is 0.150 e. The molecule has 8 heteroatoms. The monoisotopic (exact) mass is 379 g/mol. The Morgan fingerprint density at radius 3 is 2.83 bits per heavy atom. The molecule has 2 aliphatic heterocycles. The molecule has 2 aromatic rings. The number of anilines is 1. The fourth-order valence-corrected chi connectivity index (χ4v) is 3.28. The third-order valence-corrected chi connectivity index (χ3v) is 4.56. The molecule has 1 aromatic carbocycles. The van der Waals surface area contributed by atoms with E-state index in [2.05, 4.69) is 15.1 Å². The van der Waals surface area contributed by atoms with Crippen LogP contribution in [0.15, 0.2) is 53.6 Å². The smallest absolute Gasteiger partial charge is 0.150 e. The second kappa shape index (κ2) is 5.84. The highest BCUT2D eigenvalue weighted by atomic mass is 35.5. The van der Waals surface area contributed by atoms with Gasteiger partial charge in [0.25, 0.3) is 0 Å². The minimum absolute atomic E-state index is 0.462. The zero-order valence-corrected chi connectivity index (χ0v) is 14.9. The van der Waals surface area contributed by atoms with Gasteiger partial charge in [-0.3, -0.25) is 9.69 Å². The van der Waals surface area contributed by atoms with Gasteiger partial charge in [0.2, 0.25) is 0 Å². The number of fused-ring (bicyclic) bond motifs is 1. The van der Waals surface area contributed by atoms with E-state index in [0.29, 0.717) is 21.8 Å². The van der Waals surface area contributed by atoms with Crippen LogP contribution in [0, 0.1) is 0 Å². The van der Waals surface area contributed by atoms with Crippen molar-refractivity contribution in [2.45, 2.75) is 0 Å². The fourth-order valence-electron chi connectivity index (χ4n) is 2.76. The summed E-state index contributed by atoms with van der Waals surface area (Å²) in [6.45, 7) is 0.657. The fraction of sp³-hybridized carbons (Fsp3) is 0.125. The van der Waals surface area contributed by atoms with Crippen molar-refractivity contribution in [3.63, 3.8) is 0 Å². The van der Waals surface area contributed by atoms with Gasteiger partial charge < -0.3 is 0 Å². The Labute approximate surface area is 154 Å². The SMILES string of the molecule is Cn1cc(N2CC=C3N=C(Cl)C=CN32)c(-c2cc(Cl)ccc2Cl)n1. The van der Waals surface area contributed by atoms with Crippen molar-refractivity contribution in [3.05, 3.63) is 58.6 Å². The van der Waals surface area contributed by atoms with Crippen LogP contribution in [-0.2, 0) is 7.05 Å². The lowest BCUT2D eigenvalue weighted by Crippen LogP contribution is -2.34. The lowest BCUT2D eigenvalue weighted by Gasteiger charge is -2.30. The molecule has 0 saturated carbocycles. The summed E-state index contributed by atoms with van der Waals surface area (Å²) in [5.74, 6) is 0.787. The number of allylic oxidation sites excluding steroid dienone is 1. The van der Waals surface area contributed by atoms with Gasteiger partial charge in [-0.25, -0.2) is 10.0 Å². The largest absolute Gasteiger partial charge is 0.273 e. The molecular formula is C16H12Cl3N5. The first-order chi connectivity index (χ1) is 11.5. The van der Waals surface area contributed by atoms with E-state index in [-0.39, 0.29) is 0 Å². The van der Waals surface area contributed by atoms with E-state index < -0.39 is 0 Å². The molecule has 0 atom stereocenters. The molecule has 4 rings (SSSR count). The maximum atomic E-state index is 6.37. The van der Waals surface area contributed by atoms with Crippen LogP contribution in [0.4, 0.5) is 5.69 Å². The zero-order chi connectivity index (χ0) is 16.8. The lowest BCUT2D eigenvalue weighted by molar-refractivity contribution is 0.462. The van der Waals surface area contributed by atoms with Crippen LogP contribution < -0.4 is 5.01 Å². The highest BCUT2D eigenvalue weighted by Gasteiger charge is 2.28. The normalized spacial score (nSPS) is 16.3. The molecule has 0 fully saturated rings. The Balaban J connectivity index is 1.79. The van der Waals surface area contributed by atoms with Crippen molar-refractivity contribution in [2.75, 3.05) is 11.6 Å². The van der Waals surface area contributed by atoms with Gasteiger partial charge in [0, 0.05) is 23.8 Å². The van der Waals surface area contributed by atoms with Crippen LogP contribution in [-0.4, -0.2) is 26.5 Å². The molecule has 0 aliphatic carbocycles. The molecule has 0 radical (unpaired) electrons. The summed E-state index contributed by atoms with van der Waals surface area (Å²) in [4.78, 5) is 4.33. The van der Waals surface area contributed by atoms with Crippen molar-refractivity contribution in [2.24, 2.45) is 12.0 Å². The maximum absolute atomic E-state index is 6.37. The Morgan fingerprint density at radius 2 is 2.00 bits per heavy atom. The van der Waals surface area contributed by atoms with Gasteiger partial charge in [-0.2, -0.15) is 5.10 Å². The molecular weight excluding hydrogens is 369 g/mol. The van der Waals surface area contributed by atoms with E-state index in [9.17, 15) is 0 Å². The minimum atomic E-state index is 0.462. The van der Waals surface area contributed by atoms with Gasteiger partial charge in [-0.1, -0.05) is 34.8 Å². The first-order valence-electron chi connectivity index (χ1n) is 7.21. The third-order valence-electron chi connectivity index (χ3n) is 3.79. The molecule has 0 spiro atoms. The number of hydrazine groups is 1. The number of aromatic nitrogens is 2. The van der Waals surface area contributed by atoms with E-state index >= 15 is 0 Å². The highest BCUT2D eigenvalue weighted by molar-refractivity contribution is 6.68. The van der Waals surface area contributed by atoms with Crippen molar-refractivity contribution in [1.82, 2.24) is 14.8 Å². The second-order valence-corrected chi connectivity index (χ2v) is 6.63. The predicted molar refractivity (Wildman–Crippen MR) is 98.4 cm³/mol. The first-order valence-corrected chi connectivity index (χ1v) is 8.34. The van der Waals surface area contributed by atoms with Gasteiger partial charge in [-0.15, -0.1) is 0 Å². The Kier molecular flexibility index (Phi) is 3.79. The molecule has 0 unspecified atom stereocenters. The number of hydrogen-bond acceptors (Lipinski definition) is 4. The summed E-state index contributed by atoms with van der Waals surface area (Å²) in [6.07, 6.45) is 7.57. The number of aliphatic imine (C=N–C) groups is 1.